The predicted octanol–water partition coefficient (Wildman–Crippen LogP) is 4.93. The van der Waals surface area contributed by atoms with E-state index >= 15 is 0 Å². The maximum Gasteiger partial charge on any atom is 0.274 e. The van der Waals surface area contributed by atoms with E-state index in [2.05, 4.69) is 48.3 Å². The molecule has 0 radical (unpaired) electrons. The number of H-pyrrole nitrogens is 1. The summed E-state index contributed by atoms with van der Waals surface area (Å²) in [6.07, 6.45) is 1.99. The highest BCUT2D eigenvalue weighted by Crippen LogP contribution is 2.31. The highest BCUT2D eigenvalue weighted by molar-refractivity contribution is 5.92. The van der Waals surface area contributed by atoms with Crippen molar-refractivity contribution in [2.24, 2.45) is 0 Å². The van der Waals surface area contributed by atoms with E-state index in [1.165, 1.54) is 0 Å². The number of nitrogens with zero attached hydrogens (tertiary/aromatic N) is 3. The van der Waals surface area contributed by atoms with Gasteiger partial charge in [0.05, 0.1) is 7.11 Å². The third kappa shape index (κ3) is 4.63. The van der Waals surface area contributed by atoms with Gasteiger partial charge in [0, 0.05) is 36.1 Å². The third-order valence-corrected chi connectivity index (χ3v) is 5.96. The summed E-state index contributed by atoms with van der Waals surface area (Å²) in [5.74, 6) is 1.38. The van der Waals surface area contributed by atoms with Crippen LogP contribution in [0.15, 0.2) is 42.5 Å². The Kier molecular flexibility index (Phi) is 6.07. The number of rotatable bonds is 5. The highest BCUT2D eigenvalue weighted by atomic mass is 16.5. The first-order valence-electron chi connectivity index (χ1n) is 10.9. The Morgan fingerprint density at radius 3 is 2.61 bits per heavy atom. The first-order valence-corrected chi connectivity index (χ1v) is 10.9. The van der Waals surface area contributed by atoms with Crippen LogP contribution in [-0.4, -0.2) is 46.2 Å². The van der Waals surface area contributed by atoms with Gasteiger partial charge in [0.25, 0.3) is 5.91 Å². The summed E-state index contributed by atoms with van der Waals surface area (Å²) in [5.41, 5.74) is 5.80. The molecule has 4 rings (SSSR count). The second-order valence-electron chi connectivity index (χ2n) is 8.60. The van der Waals surface area contributed by atoms with Crippen LogP contribution in [0.2, 0.25) is 0 Å². The number of ether oxygens (including phenoxy) is 1. The average Bonchev–Trinajstić information content (AvgIpc) is 3.29. The van der Waals surface area contributed by atoms with Crippen LogP contribution < -0.4 is 4.74 Å². The van der Waals surface area contributed by atoms with Gasteiger partial charge in [0.2, 0.25) is 0 Å². The lowest BCUT2D eigenvalue weighted by atomic mass is 9.92. The zero-order chi connectivity index (χ0) is 22.0. The minimum absolute atomic E-state index is 0.00381. The second kappa shape index (κ2) is 8.92. The molecule has 6 heteroatoms. The molecule has 3 heterocycles. The molecular formula is C25H30N4O2. The lowest BCUT2D eigenvalue weighted by molar-refractivity contribution is 0.0700. The van der Waals surface area contributed by atoms with Crippen LogP contribution in [0, 0.1) is 6.92 Å². The minimum atomic E-state index is -0.00381. The van der Waals surface area contributed by atoms with Crippen molar-refractivity contribution in [2.75, 3.05) is 20.2 Å². The number of likely N-dealkylation sites (tertiary alicyclic amines) is 1. The second-order valence-corrected chi connectivity index (χ2v) is 8.60. The number of methoxy groups -OCH3 is 1. The van der Waals surface area contributed by atoms with Gasteiger partial charge in [0.1, 0.15) is 11.4 Å². The molecule has 1 fully saturated rings. The summed E-state index contributed by atoms with van der Waals surface area (Å²) in [4.78, 5) is 19.8. The van der Waals surface area contributed by atoms with Crippen molar-refractivity contribution in [3.8, 4) is 16.9 Å². The number of nitrogens with one attached hydrogen (secondary N) is 1. The number of hydrogen-bond donors (Lipinski definition) is 1. The lowest BCUT2D eigenvalue weighted by Gasteiger charge is -2.32. The Balaban J connectivity index is 1.54. The molecule has 1 saturated heterocycles. The maximum absolute atomic E-state index is 13.0. The smallest absolute Gasteiger partial charge is 0.274 e. The molecule has 3 aromatic rings. The van der Waals surface area contributed by atoms with Gasteiger partial charge in [-0.1, -0.05) is 26.0 Å². The molecule has 1 amide bonds. The molecule has 0 aliphatic carbocycles. The molecule has 0 spiro atoms. The largest absolute Gasteiger partial charge is 0.497 e. The molecule has 1 atom stereocenters. The van der Waals surface area contributed by atoms with Gasteiger partial charge in [-0.25, -0.2) is 0 Å². The van der Waals surface area contributed by atoms with E-state index in [1.54, 1.807) is 7.11 Å². The van der Waals surface area contributed by atoms with Gasteiger partial charge in [0.15, 0.2) is 0 Å². The maximum atomic E-state index is 13.0. The highest BCUT2D eigenvalue weighted by Gasteiger charge is 2.28. The van der Waals surface area contributed by atoms with E-state index in [1.807, 2.05) is 30.0 Å². The topological polar surface area (TPSA) is 71.1 Å². The predicted molar refractivity (Wildman–Crippen MR) is 122 cm³/mol. The SMILES string of the molecule is COc1ccc(-c2cc(C)nc([C@@H]3CCCN(C(=O)c4cc(C(C)C)[nH]n4)C3)c2)cc1. The van der Waals surface area contributed by atoms with Gasteiger partial charge >= 0.3 is 0 Å². The summed E-state index contributed by atoms with van der Waals surface area (Å²) in [5, 5.41) is 7.24. The molecule has 0 unspecified atom stereocenters. The van der Waals surface area contributed by atoms with Crippen molar-refractivity contribution in [1.82, 2.24) is 20.1 Å². The zero-order valence-electron chi connectivity index (χ0n) is 18.7. The Labute approximate surface area is 183 Å². The minimum Gasteiger partial charge on any atom is -0.497 e. The number of aryl methyl sites for hydroxylation is 1. The normalized spacial score (nSPS) is 16.5. The van der Waals surface area contributed by atoms with Gasteiger partial charge in [-0.3, -0.25) is 14.9 Å². The number of hydrogen-bond acceptors (Lipinski definition) is 4. The van der Waals surface area contributed by atoms with Crippen LogP contribution in [0.25, 0.3) is 11.1 Å². The number of pyridine rings is 1. The molecule has 6 nitrogen and oxygen atoms in total. The third-order valence-electron chi connectivity index (χ3n) is 5.96. The van der Waals surface area contributed by atoms with E-state index in [-0.39, 0.29) is 11.8 Å². The standard InChI is InChI=1S/C25H30N4O2/c1-16(2)22-14-24(28-27-22)25(30)29-11-5-6-19(15-29)23-13-20(12-17(3)26-23)18-7-9-21(31-4)10-8-18/h7-10,12-14,16,19H,5-6,11,15H2,1-4H3,(H,27,28)/t19-/m1/s1. The van der Waals surface area contributed by atoms with E-state index < -0.39 is 0 Å². The molecule has 1 aromatic carbocycles. The van der Waals surface area contributed by atoms with Crippen molar-refractivity contribution in [2.45, 2.75) is 45.4 Å². The van der Waals surface area contributed by atoms with E-state index in [4.69, 9.17) is 9.72 Å². The van der Waals surface area contributed by atoms with Crippen LogP contribution in [0.3, 0.4) is 0 Å². The number of aromatic nitrogens is 3. The molecular weight excluding hydrogens is 388 g/mol. The van der Waals surface area contributed by atoms with E-state index in [9.17, 15) is 4.79 Å². The molecule has 162 valence electrons. The number of carbonyl (C=O) groups excluding carboxylic acids is 1. The lowest BCUT2D eigenvalue weighted by Crippen LogP contribution is -2.39. The first kappa shape index (κ1) is 21.1. The fourth-order valence-electron chi connectivity index (χ4n) is 4.16. The Bertz CT molecular complexity index is 1060. The van der Waals surface area contributed by atoms with E-state index in [0.29, 0.717) is 18.2 Å². The van der Waals surface area contributed by atoms with Crippen LogP contribution >= 0.6 is 0 Å². The fourth-order valence-corrected chi connectivity index (χ4v) is 4.16. The summed E-state index contributed by atoms with van der Waals surface area (Å²) in [7, 11) is 1.67. The quantitative estimate of drug-likeness (QED) is 0.638. The van der Waals surface area contributed by atoms with Gasteiger partial charge in [-0.15, -0.1) is 0 Å². The van der Waals surface area contributed by atoms with Crippen molar-refractivity contribution in [3.63, 3.8) is 0 Å². The Hall–Kier alpha value is -3.15. The summed E-state index contributed by atoms with van der Waals surface area (Å²) in [6, 6.07) is 14.2. The average molecular weight is 419 g/mol. The van der Waals surface area contributed by atoms with Crippen molar-refractivity contribution in [3.05, 3.63) is 65.2 Å². The fraction of sp³-hybridized carbons (Fsp3) is 0.400. The Morgan fingerprint density at radius 1 is 1.16 bits per heavy atom. The number of amides is 1. The monoisotopic (exact) mass is 418 g/mol. The molecule has 1 aliphatic rings. The van der Waals surface area contributed by atoms with Gasteiger partial charge < -0.3 is 9.64 Å². The van der Waals surface area contributed by atoms with Crippen LogP contribution in [0.4, 0.5) is 0 Å². The number of benzene rings is 1. The van der Waals surface area contributed by atoms with Crippen molar-refractivity contribution >= 4 is 5.91 Å². The van der Waals surface area contributed by atoms with Crippen LogP contribution in [0.1, 0.15) is 66.1 Å². The number of piperidine rings is 1. The molecule has 1 aliphatic heterocycles. The molecule has 0 saturated carbocycles. The first-order chi connectivity index (χ1) is 14.9. The number of carbonyl (C=O) groups is 1. The summed E-state index contributed by atoms with van der Waals surface area (Å²) in [6.45, 7) is 7.63. The molecule has 0 bridgehead atoms. The van der Waals surface area contributed by atoms with Gasteiger partial charge in [-0.2, -0.15) is 5.10 Å². The Morgan fingerprint density at radius 2 is 1.94 bits per heavy atom. The van der Waals surface area contributed by atoms with Crippen molar-refractivity contribution in [1.29, 1.82) is 0 Å². The van der Waals surface area contributed by atoms with Crippen LogP contribution in [-0.2, 0) is 0 Å². The zero-order valence-corrected chi connectivity index (χ0v) is 18.7. The molecule has 2 aromatic heterocycles. The summed E-state index contributed by atoms with van der Waals surface area (Å²) >= 11 is 0. The van der Waals surface area contributed by atoms with Crippen molar-refractivity contribution < 1.29 is 9.53 Å². The van der Waals surface area contributed by atoms with Gasteiger partial charge in [-0.05, 0) is 67.1 Å². The molecule has 1 N–H and O–H groups in total. The van der Waals surface area contributed by atoms with Crippen LogP contribution in [0.5, 0.6) is 5.75 Å². The van der Waals surface area contributed by atoms with E-state index in [0.717, 1.165) is 53.3 Å². The number of aromatic amines is 1. The summed E-state index contributed by atoms with van der Waals surface area (Å²) < 4.78 is 5.28. The molecule has 31 heavy (non-hydrogen) atoms.